The van der Waals surface area contributed by atoms with Crippen molar-refractivity contribution in [3.8, 4) is 0 Å². The number of rotatable bonds is 2. The molecule has 2 aliphatic heterocycles. The van der Waals surface area contributed by atoms with Gasteiger partial charge in [-0.2, -0.15) is 4.31 Å². The summed E-state index contributed by atoms with van der Waals surface area (Å²) >= 11 is 0. The Balaban J connectivity index is 1.75. The highest BCUT2D eigenvalue weighted by molar-refractivity contribution is 7.93. The summed E-state index contributed by atoms with van der Waals surface area (Å²) in [6, 6.07) is 6.96. The molecule has 7 heteroatoms. The molecule has 0 aromatic heterocycles. The van der Waals surface area contributed by atoms with Crippen LogP contribution in [0.1, 0.15) is 26.3 Å². The molecule has 0 aliphatic carbocycles. The van der Waals surface area contributed by atoms with Gasteiger partial charge in [0.05, 0.1) is 16.4 Å². The Bertz CT molecular complexity index is 782. The molecule has 3 rings (SSSR count). The molecule has 0 unspecified atom stereocenters. The van der Waals surface area contributed by atoms with E-state index in [1.54, 1.807) is 12.1 Å². The molecule has 122 valence electrons. The molecule has 1 spiro atoms. The maximum absolute atomic E-state index is 12.5. The fourth-order valence-electron chi connectivity index (χ4n) is 3.22. The minimum Gasteiger partial charge on any atom is -0.229 e. The lowest BCUT2D eigenvalue weighted by molar-refractivity contribution is 0.101. The fourth-order valence-corrected chi connectivity index (χ4v) is 7.03. The van der Waals surface area contributed by atoms with Crippen LogP contribution in [0.4, 0.5) is 0 Å². The first kappa shape index (κ1) is 16.0. The Hall–Kier alpha value is -0.920. The van der Waals surface area contributed by atoms with Crippen molar-refractivity contribution in [1.29, 1.82) is 0 Å². The average Bonchev–Trinajstić information content (AvgIpc) is 2.31. The van der Waals surface area contributed by atoms with E-state index in [0.29, 0.717) is 13.1 Å². The number of nitrogens with zero attached hydrogens (tertiary/aromatic N) is 1. The van der Waals surface area contributed by atoms with Crippen LogP contribution in [-0.4, -0.2) is 45.7 Å². The van der Waals surface area contributed by atoms with E-state index in [-0.39, 0.29) is 27.2 Å². The highest BCUT2D eigenvalue weighted by Crippen LogP contribution is 2.43. The summed E-state index contributed by atoms with van der Waals surface area (Å²) in [5.74, 6) is 0.240. The lowest BCUT2D eigenvalue weighted by atomic mass is 9.85. The van der Waals surface area contributed by atoms with E-state index in [4.69, 9.17) is 0 Å². The van der Waals surface area contributed by atoms with E-state index in [2.05, 4.69) is 20.8 Å². The fraction of sp³-hybridized carbons (Fsp3) is 0.600. The third-order valence-electron chi connectivity index (χ3n) is 4.43. The van der Waals surface area contributed by atoms with E-state index < -0.39 is 19.9 Å². The maximum atomic E-state index is 12.5. The summed E-state index contributed by atoms with van der Waals surface area (Å²) < 4.78 is 49.0. The van der Waals surface area contributed by atoms with Crippen LogP contribution in [0.5, 0.6) is 0 Å². The van der Waals surface area contributed by atoms with Gasteiger partial charge in [0.15, 0.2) is 9.84 Å². The molecule has 0 radical (unpaired) electrons. The third kappa shape index (κ3) is 2.59. The Morgan fingerprint density at radius 1 is 1.05 bits per heavy atom. The van der Waals surface area contributed by atoms with Crippen LogP contribution in [-0.2, 0) is 25.3 Å². The van der Waals surface area contributed by atoms with E-state index in [1.165, 1.54) is 4.31 Å². The predicted molar refractivity (Wildman–Crippen MR) is 85.0 cm³/mol. The van der Waals surface area contributed by atoms with Gasteiger partial charge in [0.25, 0.3) is 0 Å². The molecule has 1 aromatic rings. The number of hydrogen-bond donors (Lipinski definition) is 0. The standard InChI is InChI=1S/C15H21NO4S2/c1-14(2,3)12-4-6-13(7-5-12)22(19,20)16-8-15(9-16)10-21(17,18)11-15/h4-7H,8-11H2,1-3H3. The van der Waals surface area contributed by atoms with Gasteiger partial charge in [-0.3, -0.25) is 0 Å². The lowest BCUT2D eigenvalue weighted by Crippen LogP contribution is -2.69. The first-order chi connectivity index (χ1) is 9.94. The molecular formula is C15H21NO4S2. The van der Waals surface area contributed by atoms with Crippen LogP contribution >= 0.6 is 0 Å². The second-order valence-electron chi connectivity index (χ2n) is 7.58. The molecule has 2 heterocycles. The van der Waals surface area contributed by atoms with Crippen molar-refractivity contribution in [3.63, 3.8) is 0 Å². The summed E-state index contributed by atoms with van der Waals surface area (Å²) in [6.45, 7) is 6.86. The van der Waals surface area contributed by atoms with Crippen molar-refractivity contribution >= 4 is 19.9 Å². The zero-order chi connectivity index (χ0) is 16.4. The van der Waals surface area contributed by atoms with E-state index in [1.807, 2.05) is 12.1 Å². The van der Waals surface area contributed by atoms with Gasteiger partial charge in [-0.05, 0) is 23.1 Å². The zero-order valence-electron chi connectivity index (χ0n) is 13.0. The van der Waals surface area contributed by atoms with E-state index >= 15 is 0 Å². The summed E-state index contributed by atoms with van der Waals surface area (Å²) in [7, 11) is -6.44. The highest BCUT2D eigenvalue weighted by atomic mass is 32.2. The van der Waals surface area contributed by atoms with Gasteiger partial charge in [-0.15, -0.1) is 0 Å². The quantitative estimate of drug-likeness (QED) is 0.814. The molecule has 2 aliphatic rings. The van der Waals surface area contributed by atoms with E-state index in [0.717, 1.165) is 5.56 Å². The molecule has 0 saturated carbocycles. The predicted octanol–water partition coefficient (Wildman–Crippen LogP) is 1.40. The zero-order valence-corrected chi connectivity index (χ0v) is 14.7. The van der Waals surface area contributed by atoms with Crippen molar-refractivity contribution in [2.75, 3.05) is 24.6 Å². The van der Waals surface area contributed by atoms with Crippen molar-refractivity contribution in [1.82, 2.24) is 4.31 Å². The van der Waals surface area contributed by atoms with Crippen LogP contribution in [0.3, 0.4) is 0 Å². The van der Waals surface area contributed by atoms with Crippen molar-refractivity contribution in [3.05, 3.63) is 29.8 Å². The molecule has 2 saturated heterocycles. The summed E-state index contributed by atoms with van der Waals surface area (Å²) in [5.41, 5.74) is 0.734. The van der Waals surface area contributed by atoms with Gasteiger partial charge in [0.2, 0.25) is 10.0 Å². The Morgan fingerprint density at radius 2 is 1.55 bits per heavy atom. The minimum atomic E-state index is -3.51. The normalized spacial score (nSPS) is 23.8. The average molecular weight is 343 g/mol. The van der Waals surface area contributed by atoms with Crippen LogP contribution in [0.2, 0.25) is 0 Å². The molecule has 0 N–H and O–H groups in total. The van der Waals surface area contributed by atoms with Gasteiger partial charge in [-0.1, -0.05) is 32.9 Å². The Kier molecular flexibility index (Phi) is 3.30. The number of hydrogen-bond acceptors (Lipinski definition) is 4. The third-order valence-corrected chi connectivity index (χ3v) is 8.34. The summed E-state index contributed by atoms with van der Waals surface area (Å²) in [6.07, 6.45) is 0. The SMILES string of the molecule is CC(C)(C)c1ccc(S(=O)(=O)N2CC3(C2)CS(=O)(=O)C3)cc1. The van der Waals surface area contributed by atoms with Crippen LogP contribution in [0.25, 0.3) is 0 Å². The van der Waals surface area contributed by atoms with Gasteiger partial charge >= 0.3 is 0 Å². The number of sulfone groups is 1. The topological polar surface area (TPSA) is 71.5 Å². The van der Waals surface area contributed by atoms with Crippen LogP contribution in [0, 0.1) is 5.41 Å². The summed E-state index contributed by atoms with van der Waals surface area (Å²) in [4.78, 5) is 0.275. The van der Waals surface area contributed by atoms with Crippen LogP contribution in [0.15, 0.2) is 29.2 Å². The van der Waals surface area contributed by atoms with Crippen molar-refractivity contribution in [2.45, 2.75) is 31.1 Å². The van der Waals surface area contributed by atoms with Gasteiger partial charge in [0.1, 0.15) is 0 Å². The lowest BCUT2D eigenvalue weighted by Gasteiger charge is -2.53. The van der Waals surface area contributed by atoms with Gasteiger partial charge in [-0.25, -0.2) is 16.8 Å². The van der Waals surface area contributed by atoms with Crippen molar-refractivity contribution in [2.24, 2.45) is 5.41 Å². The van der Waals surface area contributed by atoms with Gasteiger partial charge < -0.3 is 0 Å². The molecule has 5 nitrogen and oxygen atoms in total. The number of benzene rings is 1. The monoisotopic (exact) mass is 343 g/mol. The Labute approximate surface area is 132 Å². The first-order valence-electron chi connectivity index (χ1n) is 7.25. The smallest absolute Gasteiger partial charge is 0.229 e. The first-order valence-corrected chi connectivity index (χ1v) is 10.5. The minimum absolute atomic E-state index is 0.0244. The molecule has 0 bridgehead atoms. The van der Waals surface area contributed by atoms with Gasteiger partial charge in [0, 0.05) is 18.5 Å². The second kappa shape index (κ2) is 4.55. The molecule has 22 heavy (non-hydrogen) atoms. The van der Waals surface area contributed by atoms with Crippen molar-refractivity contribution < 1.29 is 16.8 Å². The molecule has 1 aromatic carbocycles. The molecule has 2 fully saturated rings. The second-order valence-corrected chi connectivity index (χ2v) is 11.6. The van der Waals surface area contributed by atoms with Crippen LogP contribution < -0.4 is 0 Å². The largest absolute Gasteiger partial charge is 0.243 e. The molecular weight excluding hydrogens is 322 g/mol. The van der Waals surface area contributed by atoms with E-state index in [9.17, 15) is 16.8 Å². The maximum Gasteiger partial charge on any atom is 0.243 e. The highest BCUT2D eigenvalue weighted by Gasteiger charge is 2.58. The summed E-state index contributed by atoms with van der Waals surface area (Å²) in [5, 5.41) is 0. The Morgan fingerprint density at radius 3 is 1.95 bits per heavy atom. The number of sulfonamides is 1. The molecule has 0 atom stereocenters. The molecule has 0 amide bonds.